The molecule has 0 aliphatic heterocycles. The maximum atomic E-state index is 12.0. The Hall–Kier alpha value is -2.40. The molecule has 1 N–H and O–H groups in total. The molecule has 0 heterocycles. The fourth-order valence-electron chi connectivity index (χ4n) is 2.07. The second-order valence-electron chi connectivity index (χ2n) is 5.29. The number of rotatable bonds is 6. The Kier molecular flexibility index (Phi) is 5.71. The van der Waals surface area contributed by atoms with Gasteiger partial charge in [-0.3, -0.25) is 4.79 Å². The highest BCUT2D eigenvalue weighted by Crippen LogP contribution is 2.08. The number of carbonyl (C=O) groups excluding carboxylic acids is 1. The van der Waals surface area contributed by atoms with Crippen LogP contribution in [0.2, 0.25) is 0 Å². The lowest BCUT2D eigenvalue weighted by atomic mass is 10.1. The zero-order chi connectivity index (χ0) is 16.7. The molecule has 0 unspecified atom stereocenters. The Balaban J connectivity index is 1.87. The van der Waals surface area contributed by atoms with Crippen LogP contribution < -0.4 is 5.32 Å². The van der Waals surface area contributed by atoms with Crippen molar-refractivity contribution in [2.45, 2.75) is 5.75 Å². The van der Waals surface area contributed by atoms with E-state index >= 15 is 0 Å². The van der Waals surface area contributed by atoms with Crippen LogP contribution in [0.3, 0.4) is 0 Å². The summed E-state index contributed by atoms with van der Waals surface area (Å²) in [6.45, 7) is 0.429. The summed E-state index contributed by atoms with van der Waals surface area (Å²) in [5.74, 6) is -0.206. The Morgan fingerprint density at radius 1 is 1.04 bits per heavy atom. The average Bonchev–Trinajstić information content (AvgIpc) is 2.51. The third-order valence-electron chi connectivity index (χ3n) is 3.14. The monoisotopic (exact) mass is 329 g/mol. The van der Waals surface area contributed by atoms with E-state index in [4.69, 9.17) is 0 Å². The SMILES string of the molecule is CS(=O)(=O)Cc1ccc(C(=O)NCC=Cc2ccccc2)cc1. The first-order valence-electron chi connectivity index (χ1n) is 7.20. The van der Waals surface area contributed by atoms with Gasteiger partial charge in [0.2, 0.25) is 0 Å². The van der Waals surface area contributed by atoms with Gasteiger partial charge in [-0.2, -0.15) is 0 Å². The highest BCUT2D eigenvalue weighted by atomic mass is 32.2. The molecule has 2 aromatic rings. The van der Waals surface area contributed by atoms with Gasteiger partial charge in [-0.15, -0.1) is 0 Å². The fourth-order valence-corrected chi connectivity index (χ4v) is 2.87. The van der Waals surface area contributed by atoms with Gasteiger partial charge in [-0.05, 0) is 23.3 Å². The molecule has 0 radical (unpaired) electrons. The van der Waals surface area contributed by atoms with Crippen molar-refractivity contribution in [1.29, 1.82) is 0 Å². The van der Waals surface area contributed by atoms with Crippen LogP contribution in [0.25, 0.3) is 6.08 Å². The van der Waals surface area contributed by atoms with E-state index < -0.39 is 9.84 Å². The van der Waals surface area contributed by atoms with Crippen molar-refractivity contribution < 1.29 is 13.2 Å². The maximum Gasteiger partial charge on any atom is 0.251 e. The summed E-state index contributed by atoms with van der Waals surface area (Å²) in [6.07, 6.45) is 5.01. The predicted molar refractivity (Wildman–Crippen MR) is 92.8 cm³/mol. The molecular formula is C18H19NO3S. The van der Waals surface area contributed by atoms with Crippen molar-refractivity contribution in [2.75, 3.05) is 12.8 Å². The lowest BCUT2D eigenvalue weighted by molar-refractivity contribution is 0.0958. The second kappa shape index (κ2) is 7.74. The van der Waals surface area contributed by atoms with Gasteiger partial charge in [-0.25, -0.2) is 8.42 Å². The smallest absolute Gasteiger partial charge is 0.251 e. The van der Waals surface area contributed by atoms with Crippen molar-refractivity contribution in [2.24, 2.45) is 0 Å². The third-order valence-corrected chi connectivity index (χ3v) is 3.99. The standard InChI is InChI=1S/C18H19NO3S/c1-23(21,22)14-16-9-11-17(12-10-16)18(20)19-13-5-8-15-6-3-2-4-7-15/h2-12H,13-14H2,1H3,(H,19,20). The molecule has 0 fully saturated rings. The molecule has 0 saturated carbocycles. The molecule has 0 aromatic heterocycles. The molecule has 0 aliphatic carbocycles. The van der Waals surface area contributed by atoms with E-state index in [1.54, 1.807) is 24.3 Å². The van der Waals surface area contributed by atoms with Crippen LogP contribution in [-0.4, -0.2) is 27.1 Å². The van der Waals surface area contributed by atoms with E-state index in [-0.39, 0.29) is 11.7 Å². The fraction of sp³-hybridized carbons (Fsp3) is 0.167. The van der Waals surface area contributed by atoms with Gasteiger partial charge in [0, 0.05) is 18.4 Å². The molecule has 0 bridgehead atoms. The molecule has 1 amide bonds. The molecule has 0 aliphatic rings. The summed E-state index contributed by atoms with van der Waals surface area (Å²) in [6, 6.07) is 16.4. The topological polar surface area (TPSA) is 63.2 Å². The zero-order valence-corrected chi connectivity index (χ0v) is 13.7. The molecular weight excluding hydrogens is 310 g/mol. The summed E-state index contributed by atoms with van der Waals surface area (Å²) in [5.41, 5.74) is 2.26. The first kappa shape index (κ1) is 17.0. The van der Waals surface area contributed by atoms with Crippen LogP contribution in [0, 0.1) is 0 Å². The van der Waals surface area contributed by atoms with Gasteiger partial charge in [-0.1, -0.05) is 54.6 Å². The van der Waals surface area contributed by atoms with Gasteiger partial charge in [0.25, 0.3) is 5.91 Å². The molecule has 0 saturated heterocycles. The number of sulfone groups is 1. The summed E-state index contributed by atoms with van der Waals surface area (Å²) in [7, 11) is -3.06. The molecule has 0 spiro atoms. The molecule has 2 rings (SSSR count). The van der Waals surface area contributed by atoms with Crippen molar-refractivity contribution in [1.82, 2.24) is 5.32 Å². The van der Waals surface area contributed by atoms with Crippen LogP contribution in [0.5, 0.6) is 0 Å². The lowest BCUT2D eigenvalue weighted by Gasteiger charge is -2.04. The summed E-state index contributed by atoms with van der Waals surface area (Å²) in [4.78, 5) is 12.0. The molecule has 2 aromatic carbocycles. The van der Waals surface area contributed by atoms with Crippen LogP contribution in [0.15, 0.2) is 60.7 Å². The van der Waals surface area contributed by atoms with Gasteiger partial charge >= 0.3 is 0 Å². The van der Waals surface area contributed by atoms with Crippen molar-refractivity contribution in [3.8, 4) is 0 Å². The van der Waals surface area contributed by atoms with E-state index in [1.807, 2.05) is 42.5 Å². The Morgan fingerprint density at radius 2 is 1.70 bits per heavy atom. The van der Waals surface area contributed by atoms with E-state index in [1.165, 1.54) is 6.26 Å². The number of carbonyl (C=O) groups is 1. The normalized spacial score (nSPS) is 11.5. The molecule has 120 valence electrons. The second-order valence-corrected chi connectivity index (χ2v) is 7.43. The lowest BCUT2D eigenvalue weighted by Crippen LogP contribution is -2.23. The van der Waals surface area contributed by atoms with E-state index in [0.29, 0.717) is 17.7 Å². The highest BCUT2D eigenvalue weighted by Gasteiger charge is 2.07. The van der Waals surface area contributed by atoms with Gasteiger partial charge in [0.05, 0.1) is 5.75 Å². The summed E-state index contributed by atoms with van der Waals surface area (Å²) >= 11 is 0. The Bertz CT molecular complexity index is 779. The number of amides is 1. The highest BCUT2D eigenvalue weighted by molar-refractivity contribution is 7.89. The minimum atomic E-state index is -3.06. The van der Waals surface area contributed by atoms with E-state index in [2.05, 4.69) is 5.32 Å². The van der Waals surface area contributed by atoms with Crippen LogP contribution in [0.1, 0.15) is 21.5 Å². The first-order chi connectivity index (χ1) is 10.9. The number of hydrogen-bond acceptors (Lipinski definition) is 3. The maximum absolute atomic E-state index is 12.0. The molecule has 0 atom stereocenters. The van der Waals surface area contributed by atoms with Crippen molar-refractivity contribution in [3.63, 3.8) is 0 Å². The minimum Gasteiger partial charge on any atom is -0.349 e. The van der Waals surface area contributed by atoms with Crippen LogP contribution in [0.4, 0.5) is 0 Å². The van der Waals surface area contributed by atoms with Crippen LogP contribution >= 0.6 is 0 Å². The first-order valence-corrected chi connectivity index (χ1v) is 9.26. The molecule has 4 nitrogen and oxygen atoms in total. The summed E-state index contributed by atoms with van der Waals surface area (Å²) in [5, 5.41) is 2.79. The van der Waals surface area contributed by atoms with Crippen LogP contribution in [-0.2, 0) is 15.6 Å². The number of nitrogens with one attached hydrogen (secondary N) is 1. The largest absolute Gasteiger partial charge is 0.349 e. The van der Waals surface area contributed by atoms with Crippen molar-refractivity contribution in [3.05, 3.63) is 77.4 Å². The van der Waals surface area contributed by atoms with Gasteiger partial charge in [0.15, 0.2) is 9.84 Å². The Morgan fingerprint density at radius 3 is 2.30 bits per heavy atom. The third kappa shape index (κ3) is 6.08. The van der Waals surface area contributed by atoms with Gasteiger partial charge in [0.1, 0.15) is 0 Å². The van der Waals surface area contributed by atoms with E-state index in [9.17, 15) is 13.2 Å². The zero-order valence-electron chi connectivity index (χ0n) is 12.9. The Labute approximate surface area is 136 Å². The number of benzene rings is 2. The summed E-state index contributed by atoms with van der Waals surface area (Å²) < 4.78 is 22.4. The quantitative estimate of drug-likeness (QED) is 0.886. The molecule has 5 heteroatoms. The molecule has 23 heavy (non-hydrogen) atoms. The van der Waals surface area contributed by atoms with Gasteiger partial charge < -0.3 is 5.32 Å². The van der Waals surface area contributed by atoms with Crippen molar-refractivity contribution >= 4 is 21.8 Å². The minimum absolute atomic E-state index is 0.0191. The van der Waals surface area contributed by atoms with E-state index in [0.717, 1.165) is 5.56 Å². The average molecular weight is 329 g/mol. The predicted octanol–water partition coefficient (Wildman–Crippen LogP) is 2.67. The number of hydrogen-bond donors (Lipinski definition) is 1.